The first kappa shape index (κ1) is 19.4. The molecule has 0 aliphatic rings. The summed E-state index contributed by atoms with van der Waals surface area (Å²) in [7, 11) is 3.13. The Kier molecular flexibility index (Phi) is 7.43. The maximum atomic E-state index is 12.1. The Labute approximate surface area is 160 Å². The third kappa shape index (κ3) is 5.85. The normalized spacial score (nSPS) is 11.5. The fourth-order valence-corrected chi connectivity index (χ4v) is 2.95. The lowest BCUT2D eigenvalue weighted by molar-refractivity contribution is -0.112. The second-order valence-corrected chi connectivity index (χ2v) is 6.73. The van der Waals surface area contributed by atoms with E-state index in [4.69, 9.17) is 32.7 Å². The van der Waals surface area contributed by atoms with Crippen molar-refractivity contribution in [2.45, 2.75) is 5.75 Å². The molecular formula is C17H16Cl2N2O3S. The standard InChI is InChI=1S/C17H16Cl2N2O3S/c1-23-13-6-3-11(4-7-13)10-25-16(19)15(18)17(22)21-12-5-8-14(24-2)20-9-12/h3-9H,10H2,1-2H3,(H,21,22)/b16-15+. The molecule has 0 atom stereocenters. The molecule has 0 aliphatic carbocycles. The third-order valence-electron chi connectivity index (χ3n) is 3.10. The molecule has 2 aromatic rings. The summed E-state index contributed by atoms with van der Waals surface area (Å²) >= 11 is 13.5. The highest BCUT2D eigenvalue weighted by molar-refractivity contribution is 8.03. The van der Waals surface area contributed by atoms with Crippen molar-refractivity contribution in [3.63, 3.8) is 0 Å². The Morgan fingerprint density at radius 3 is 2.40 bits per heavy atom. The first-order valence-corrected chi connectivity index (χ1v) is 8.90. The molecule has 1 aromatic carbocycles. The number of hydrogen-bond acceptors (Lipinski definition) is 5. The number of nitrogens with zero attached hydrogens (tertiary/aromatic N) is 1. The van der Waals surface area contributed by atoms with E-state index in [-0.39, 0.29) is 9.40 Å². The number of anilines is 1. The van der Waals surface area contributed by atoms with Gasteiger partial charge in [-0.05, 0) is 23.8 Å². The van der Waals surface area contributed by atoms with Crippen LogP contribution in [0.2, 0.25) is 0 Å². The number of nitrogens with one attached hydrogen (secondary N) is 1. The predicted octanol–water partition coefficient (Wildman–Crippen LogP) is 4.62. The molecule has 1 amide bonds. The molecule has 0 spiro atoms. The quantitative estimate of drug-likeness (QED) is 0.689. The maximum absolute atomic E-state index is 12.1. The zero-order valence-electron chi connectivity index (χ0n) is 13.6. The summed E-state index contributed by atoms with van der Waals surface area (Å²) in [5.41, 5.74) is 1.53. The average Bonchev–Trinajstić information content (AvgIpc) is 2.66. The summed E-state index contributed by atoms with van der Waals surface area (Å²) in [4.78, 5) is 16.1. The van der Waals surface area contributed by atoms with Crippen molar-refractivity contribution in [3.8, 4) is 11.6 Å². The van der Waals surface area contributed by atoms with Gasteiger partial charge in [-0.2, -0.15) is 0 Å². The van der Waals surface area contributed by atoms with Gasteiger partial charge in [-0.15, -0.1) is 11.8 Å². The van der Waals surface area contributed by atoms with E-state index in [0.29, 0.717) is 17.3 Å². The van der Waals surface area contributed by atoms with Gasteiger partial charge in [0.15, 0.2) is 0 Å². The molecule has 0 bridgehead atoms. The summed E-state index contributed by atoms with van der Waals surface area (Å²) in [6.45, 7) is 0. The molecule has 5 nitrogen and oxygen atoms in total. The topological polar surface area (TPSA) is 60.5 Å². The van der Waals surface area contributed by atoms with Crippen molar-refractivity contribution in [2.24, 2.45) is 0 Å². The minimum Gasteiger partial charge on any atom is -0.497 e. The number of pyridine rings is 1. The van der Waals surface area contributed by atoms with Crippen LogP contribution in [0.1, 0.15) is 5.56 Å². The Morgan fingerprint density at radius 2 is 1.84 bits per heavy atom. The Morgan fingerprint density at radius 1 is 1.12 bits per heavy atom. The lowest BCUT2D eigenvalue weighted by Crippen LogP contribution is -2.12. The van der Waals surface area contributed by atoms with Crippen LogP contribution >= 0.6 is 35.0 Å². The maximum Gasteiger partial charge on any atom is 0.269 e. The summed E-state index contributed by atoms with van der Waals surface area (Å²) in [6, 6.07) is 10.9. The van der Waals surface area contributed by atoms with Crippen LogP contribution in [0.25, 0.3) is 0 Å². The van der Waals surface area contributed by atoms with E-state index in [1.807, 2.05) is 24.3 Å². The van der Waals surface area contributed by atoms with Crippen LogP contribution in [0.15, 0.2) is 52.0 Å². The average molecular weight is 399 g/mol. The molecule has 1 heterocycles. The molecule has 0 aliphatic heterocycles. The Hall–Kier alpha value is -1.89. The van der Waals surface area contributed by atoms with Crippen LogP contribution in [0.3, 0.4) is 0 Å². The second kappa shape index (κ2) is 9.56. The summed E-state index contributed by atoms with van der Waals surface area (Å²) in [5.74, 6) is 1.31. The van der Waals surface area contributed by atoms with Crippen LogP contribution in [0.4, 0.5) is 5.69 Å². The first-order chi connectivity index (χ1) is 12.0. The van der Waals surface area contributed by atoms with Crippen molar-refractivity contribution in [1.82, 2.24) is 4.98 Å². The minimum atomic E-state index is -0.499. The fourth-order valence-electron chi connectivity index (χ4n) is 1.78. The number of hydrogen-bond donors (Lipinski definition) is 1. The van der Waals surface area contributed by atoms with E-state index in [1.54, 1.807) is 19.2 Å². The molecule has 25 heavy (non-hydrogen) atoms. The number of thioether (sulfide) groups is 1. The number of carbonyl (C=O) groups is 1. The molecule has 0 fully saturated rings. The van der Waals surface area contributed by atoms with Gasteiger partial charge in [0.25, 0.3) is 5.91 Å². The molecule has 2 rings (SSSR count). The largest absolute Gasteiger partial charge is 0.497 e. The number of ether oxygens (including phenoxy) is 2. The van der Waals surface area contributed by atoms with Gasteiger partial charge in [0.2, 0.25) is 5.88 Å². The molecule has 0 unspecified atom stereocenters. The van der Waals surface area contributed by atoms with Crippen LogP contribution in [0.5, 0.6) is 11.6 Å². The third-order valence-corrected chi connectivity index (χ3v) is 5.12. The second-order valence-electron chi connectivity index (χ2n) is 4.77. The zero-order valence-corrected chi connectivity index (χ0v) is 15.9. The number of aromatic nitrogens is 1. The van der Waals surface area contributed by atoms with Crippen LogP contribution in [0, 0.1) is 0 Å². The van der Waals surface area contributed by atoms with Gasteiger partial charge in [0.1, 0.15) is 10.8 Å². The van der Waals surface area contributed by atoms with Crippen LogP contribution in [-0.2, 0) is 10.5 Å². The Balaban J connectivity index is 1.94. The van der Waals surface area contributed by atoms with Crippen LogP contribution < -0.4 is 14.8 Å². The molecule has 0 saturated heterocycles. The van der Waals surface area contributed by atoms with Gasteiger partial charge < -0.3 is 14.8 Å². The van der Waals surface area contributed by atoms with Gasteiger partial charge in [-0.25, -0.2) is 4.98 Å². The molecule has 1 aromatic heterocycles. The van der Waals surface area contributed by atoms with Gasteiger partial charge >= 0.3 is 0 Å². The molecule has 1 N–H and O–H groups in total. The minimum absolute atomic E-state index is 0.0732. The monoisotopic (exact) mass is 398 g/mol. The van der Waals surface area contributed by atoms with Crippen molar-refractivity contribution in [3.05, 3.63) is 57.6 Å². The fraction of sp³-hybridized carbons (Fsp3) is 0.176. The van der Waals surface area contributed by atoms with E-state index in [1.165, 1.54) is 25.1 Å². The molecule has 0 radical (unpaired) electrons. The van der Waals surface area contributed by atoms with Crippen LogP contribution in [-0.4, -0.2) is 25.1 Å². The summed E-state index contributed by atoms with van der Waals surface area (Å²) in [6.07, 6.45) is 1.47. The SMILES string of the molecule is COc1ccc(CS/C(Cl)=C(/Cl)C(=O)Nc2ccc(OC)nc2)cc1. The lowest BCUT2D eigenvalue weighted by Gasteiger charge is -2.07. The van der Waals surface area contributed by atoms with Crippen molar-refractivity contribution < 1.29 is 14.3 Å². The molecule has 0 saturated carbocycles. The first-order valence-electron chi connectivity index (χ1n) is 7.16. The number of methoxy groups -OCH3 is 2. The van der Waals surface area contributed by atoms with E-state index in [0.717, 1.165) is 11.3 Å². The van der Waals surface area contributed by atoms with E-state index in [2.05, 4.69) is 10.3 Å². The van der Waals surface area contributed by atoms with E-state index in [9.17, 15) is 4.79 Å². The van der Waals surface area contributed by atoms with Crippen molar-refractivity contribution in [2.75, 3.05) is 19.5 Å². The highest BCUT2D eigenvalue weighted by atomic mass is 35.5. The van der Waals surface area contributed by atoms with Gasteiger partial charge in [-0.3, -0.25) is 4.79 Å². The smallest absolute Gasteiger partial charge is 0.269 e. The van der Waals surface area contributed by atoms with Gasteiger partial charge in [0, 0.05) is 11.8 Å². The number of halogens is 2. The van der Waals surface area contributed by atoms with Crippen molar-refractivity contribution >= 4 is 46.6 Å². The molecule has 132 valence electrons. The van der Waals surface area contributed by atoms with E-state index >= 15 is 0 Å². The summed E-state index contributed by atoms with van der Waals surface area (Å²) in [5, 5.41) is 2.55. The molecular weight excluding hydrogens is 383 g/mol. The lowest BCUT2D eigenvalue weighted by atomic mass is 10.2. The van der Waals surface area contributed by atoms with E-state index < -0.39 is 5.91 Å². The number of amides is 1. The van der Waals surface area contributed by atoms with Gasteiger partial charge in [0.05, 0.1) is 30.5 Å². The summed E-state index contributed by atoms with van der Waals surface area (Å²) < 4.78 is 10.3. The van der Waals surface area contributed by atoms with Gasteiger partial charge in [-0.1, -0.05) is 35.3 Å². The number of benzene rings is 1. The number of rotatable bonds is 7. The molecule has 8 heteroatoms. The highest BCUT2D eigenvalue weighted by Crippen LogP contribution is 2.30. The predicted molar refractivity (Wildman–Crippen MR) is 102 cm³/mol. The number of carbonyl (C=O) groups excluding carboxylic acids is 1. The van der Waals surface area contributed by atoms with Crippen molar-refractivity contribution in [1.29, 1.82) is 0 Å². The Bertz CT molecular complexity index is 749. The zero-order chi connectivity index (χ0) is 18.2. The highest BCUT2D eigenvalue weighted by Gasteiger charge is 2.13.